The molecule has 102 valence electrons. The van der Waals surface area contributed by atoms with Gasteiger partial charge in [0.15, 0.2) is 0 Å². The van der Waals surface area contributed by atoms with Crippen LogP contribution in [0.5, 0.6) is 0 Å². The van der Waals surface area contributed by atoms with Crippen LogP contribution >= 0.6 is 0 Å². The van der Waals surface area contributed by atoms with E-state index >= 15 is 0 Å². The van der Waals surface area contributed by atoms with Gasteiger partial charge in [-0.3, -0.25) is 4.79 Å². The zero-order valence-electron chi connectivity index (χ0n) is 11.0. The molecule has 0 atom stereocenters. The van der Waals surface area contributed by atoms with E-state index in [1.54, 1.807) is 11.1 Å². The van der Waals surface area contributed by atoms with E-state index in [0.29, 0.717) is 24.1 Å². The van der Waals surface area contributed by atoms with Crippen molar-refractivity contribution in [3.8, 4) is 0 Å². The Bertz CT molecular complexity index is 661. The molecule has 0 bridgehead atoms. The van der Waals surface area contributed by atoms with E-state index in [1.807, 2.05) is 18.2 Å². The van der Waals surface area contributed by atoms with Crippen molar-refractivity contribution in [1.82, 2.24) is 10.3 Å². The second-order valence-corrected chi connectivity index (χ2v) is 5.25. The Balaban J connectivity index is 1.60. The minimum Gasteiger partial charge on any atom is -0.435 e. The molecule has 2 aliphatic heterocycles. The number of carbonyl (C=O) groups excluding carboxylic acids is 1. The third-order valence-corrected chi connectivity index (χ3v) is 4.00. The summed E-state index contributed by atoms with van der Waals surface area (Å²) in [7, 11) is 0. The Kier molecular flexibility index (Phi) is 2.60. The summed E-state index contributed by atoms with van der Waals surface area (Å²) in [5.41, 5.74) is 2.20. The van der Waals surface area contributed by atoms with Crippen molar-refractivity contribution in [2.45, 2.75) is 12.3 Å². The average molecular weight is 269 g/mol. The van der Waals surface area contributed by atoms with E-state index in [9.17, 15) is 4.79 Å². The summed E-state index contributed by atoms with van der Waals surface area (Å²) < 4.78 is 5.63. The standard InChI is InChI=1S/C15H15N3O2/c19-15(13-9-17-14(20-13)11-7-16-8-11)18-6-5-10-3-1-2-4-12(10)18/h1-4,9,11,16H,5-8H2. The molecule has 0 saturated carbocycles. The van der Waals surface area contributed by atoms with Crippen molar-refractivity contribution in [2.24, 2.45) is 0 Å². The number of carbonyl (C=O) groups is 1. The summed E-state index contributed by atoms with van der Waals surface area (Å²) in [5, 5.41) is 3.17. The quantitative estimate of drug-likeness (QED) is 0.899. The number of hydrogen-bond donors (Lipinski definition) is 1. The normalized spacial score (nSPS) is 17.9. The maximum atomic E-state index is 12.5. The molecule has 1 aromatic heterocycles. The van der Waals surface area contributed by atoms with Gasteiger partial charge in [-0.15, -0.1) is 0 Å². The molecule has 1 N–H and O–H groups in total. The molecule has 2 aromatic rings. The van der Waals surface area contributed by atoms with Crippen LogP contribution in [0.2, 0.25) is 0 Å². The first kappa shape index (κ1) is 11.7. The first-order valence-electron chi connectivity index (χ1n) is 6.89. The summed E-state index contributed by atoms with van der Waals surface area (Å²) in [5.74, 6) is 1.21. The number of rotatable bonds is 2. The molecule has 20 heavy (non-hydrogen) atoms. The highest BCUT2D eigenvalue weighted by atomic mass is 16.4. The lowest BCUT2D eigenvalue weighted by Gasteiger charge is -2.23. The molecular formula is C15H15N3O2. The molecule has 0 spiro atoms. The van der Waals surface area contributed by atoms with Crippen LogP contribution in [0.4, 0.5) is 5.69 Å². The Morgan fingerprint density at radius 2 is 2.20 bits per heavy atom. The van der Waals surface area contributed by atoms with Gasteiger partial charge in [0, 0.05) is 25.3 Å². The minimum absolute atomic E-state index is 0.0963. The lowest BCUT2D eigenvalue weighted by molar-refractivity contribution is 0.0959. The van der Waals surface area contributed by atoms with Gasteiger partial charge in [-0.05, 0) is 18.1 Å². The van der Waals surface area contributed by atoms with Crippen LogP contribution in [0.3, 0.4) is 0 Å². The Labute approximate surface area is 116 Å². The zero-order valence-corrected chi connectivity index (χ0v) is 11.0. The van der Waals surface area contributed by atoms with E-state index in [1.165, 1.54) is 5.56 Å². The van der Waals surface area contributed by atoms with E-state index < -0.39 is 0 Å². The van der Waals surface area contributed by atoms with Crippen molar-refractivity contribution >= 4 is 11.6 Å². The monoisotopic (exact) mass is 269 g/mol. The van der Waals surface area contributed by atoms with Gasteiger partial charge in [-0.2, -0.15) is 0 Å². The molecule has 1 saturated heterocycles. The molecule has 5 nitrogen and oxygen atoms in total. The lowest BCUT2D eigenvalue weighted by Crippen LogP contribution is -2.40. The molecule has 3 heterocycles. The molecule has 5 heteroatoms. The molecule has 4 rings (SSSR count). The van der Waals surface area contributed by atoms with E-state index in [-0.39, 0.29) is 5.91 Å². The number of amides is 1. The number of hydrogen-bond acceptors (Lipinski definition) is 4. The fraction of sp³-hybridized carbons (Fsp3) is 0.333. The number of aromatic nitrogens is 1. The minimum atomic E-state index is -0.0963. The molecule has 0 radical (unpaired) electrons. The lowest BCUT2D eigenvalue weighted by atomic mass is 10.0. The summed E-state index contributed by atoms with van der Waals surface area (Å²) in [6.07, 6.45) is 2.45. The average Bonchev–Trinajstić information content (AvgIpc) is 3.02. The summed E-state index contributed by atoms with van der Waals surface area (Å²) in [6.45, 7) is 2.46. The Morgan fingerprint density at radius 3 is 3.00 bits per heavy atom. The van der Waals surface area contributed by atoms with Crippen molar-refractivity contribution in [2.75, 3.05) is 24.5 Å². The van der Waals surface area contributed by atoms with Crippen molar-refractivity contribution < 1.29 is 9.21 Å². The van der Waals surface area contributed by atoms with Crippen LogP contribution < -0.4 is 10.2 Å². The van der Waals surface area contributed by atoms with E-state index in [2.05, 4.69) is 16.4 Å². The second kappa shape index (κ2) is 4.45. The van der Waals surface area contributed by atoms with Gasteiger partial charge in [0.25, 0.3) is 5.91 Å². The van der Waals surface area contributed by atoms with Crippen LogP contribution in [0.25, 0.3) is 0 Å². The number of fused-ring (bicyclic) bond motifs is 1. The number of para-hydroxylation sites is 1. The number of nitrogens with zero attached hydrogens (tertiary/aromatic N) is 2. The SMILES string of the molecule is O=C(c1cnc(C2CNC2)o1)N1CCc2ccccc21. The van der Waals surface area contributed by atoms with Crippen LogP contribution in [-0.4, -0.2) is 30.5 Å². The fourth-order valence-corrected chi connectivity index (χ4v) is 2.72. The maximum absolute atomic E-state index is 12.5. The molecule has 1 fully saturated rings. The molecule has 1 aromatic carbocycles. The third-order valence-electron chi connectivity index (χ3n) is 4.00. The molecule has 0 unspecified atom stereocenters. The first-order valence-corrected chi connectivity index (χ1v) is 6.89. The molecule has 2 aliphatic rings. The van der Waals surface area contributed by atoms with Gasteiger partial charge in [0.2, 0.25) is 11.7 Å². The van der Waals surface area contributed by atoms with Crippen molar-refractivity contribution in [3.63, 3.8) is 0 Å². The van der Waals surface area contributed by atoms with Crippen LogP contribution in [0.1, 0.15) is 27.9 Å². The van der Waals surface area contributed by atoms with Crippen LogP contribution in [-0.2, 0) is 6.42 Å². The highest BCUT2D eigenvalue weighted by Crippen LogP contribution is 2.29. The summed E-state index contributed by atoms with van der Waals surface area (Å²) in [6, 6.07) is 8.00. The largest absolute Gasteiger partial charge is 0.435 e. The zero-order chi connectivity index (χ0) is 13.5. The predicted molar refractivity (Wildman–Crippen MR) is 73.9 cm³/mol. The van der Waals surface area contributed by atoms with E-state index in [0.717, 1.165) is 25.2 Å². The van der Waals surface area contributed by atoms with Gasteiger partial charge in [0.1, 0.15) is 0 Å². The first-order chi connectivity index (χ1) is 9.83. The van der Waals surface area contributed by atoms with Crippen molar-refractivity contribution in [3.05, 3.63) is 47.7 Å². The number of nitrogens with one attached hydrogen (secondary N) is 1. The number of oxazole rings is 1. The Morgan fingerprint density at radius 1 is 1.35 bits per heavy atom. The van der Waals surface area contributed by atoms with Gasteiger partial charge in [0.05, 0.1) is 12.1 Å². The van der Waals surface area contributed by atoms with E-state index in [4.69, 9.17) is 4.42 Å². The predicted octanol–water partition coefficient (Wildman–Crippen LogP) is 1.56. The summed E-state index contributed by atoms with van der Waals surface area (Å²) >= 11 is 0. The Hall–Kier alpha value is -2.14. The summed E-state index contributed by atoms with van der Waals surface area (Å²) in [4.78, 5) is 18.5. The maximum Gasteiger partial charge on any atom is 0.295 e. The highest BCUT2D eigenvalue weighted by molar-refractivity contribution is 6.05. The van der Waals surface area contributed by atoms with Gasteiger partial charge < -0.3 is 14.6 Å². The van der Waals surface area contributed by atoms with Crippen LogP contribution in [0, 0.1) is 0 Å². The van der Waals surface area contributed by atoms with Gasteiger partial charge >= 0.3 is 0 Å². The number of benzene rings is 1. The topological polar surface area (TPSA) is 58.4 Å². The second-order valence-electron chi connectivity index (χ2n) is 5.25. The van der Waals surface area contributed by atoms with Crippen molar-refractivity contribution in [1.29, 1.82) is 0 Å². The van der Waals surface area contributed by atoms with Crippen LogP contribution in [0.15, 0.2) is 34.9 Å². The third kappa shape index (κ3) is 1.74. The molecule has 1 amide bonds. The van der Waals surface area contributed by atoms with Gasteiger partial charge in [-0.25, -0.2) is 4.98 Å². The smallest absolute Gasteiger partial charge is 0.295 e. The highest BCUT2D eigenvalue weighted by Gasteiger charge is 2.29. The fourth-order valence-electron chi connectivity index (χ4n) is 2.72. The molecule has 0 aliphatic carbocycles. The number of anilines is 1. The van der Waals surface area contributed by atoms with Gasteiger partial charge in [-0.1, -0.05) is 18.2 Å². The molecular weight excluding hydrogens is 254 g/mol.